The van der Waals surface area contributed by atoms with Crippen LogP contribution in [-0.2, 0) is 4.79 Å². The number of anilines is 1. The van der Waals surface area contributed by atoms with Crippen molar-refractivity contribution in [3.05, 3.63) is 48.6 Å². The Kier molecular flexibility index (Phi) is 4.21. The van der Waals surface area contributed by atoms with Crippen molar-refractivity contribution in [2.45, 2.75) is 12.8 Å². The minimum absolute atomic E-state index is 0.0755. The van der Waals surface area contributed by atoms with E-state index in [0.717, 1.165) is 37.8 Å². The number of hydrogen-bond donors (Lipinski definition) is 1. The van der Waals surface area contributed by atoms with Crippen molar-refractivity contribution in [3.63, 3.8) is 0 Å². The van der Waals surface area contributed by atoms with Gasteiger partial charge in [-0.05, 0) is 36.1 Å². The number of fused-ring (bicyclic) bond motifs is 2. The molecular formula is C21H20N6O2S. The minimum Gasteiger partial charge on any atom is -0.495 e. The summed E-state index contributed by atoms with van der Waals surface area (Å²) in [6, 6.07) is 6.25. The molecule has 0 spiro atoms. The maximum Gasteiger partial charge on any atom is 0.246 e. The normalized spacial score (nSPS) is 14.3. The van der Waals surface area contributed by atoms with Gasteiger partial charge in [-0.15, -0.1) is 11.3 Å². The molecule has 0 radical (unpaired) electrons. The molecule has 1 amide bonds. The Morgan fingerprint density at radius 1 is 1.37 bits per heavy atom. The van der Waals surface area contributed by atoms with Crippen LogP contribution in [0.15, 0.2) is 37.2 Å². The van der Waals surface area contributed by atoms with Gasteiger partial charge < -0.3 is 15.4 Å². The Labute approximate surface area is 176 Å². The molecule has 0 atom stereocenters. The number of carbonyl (C=O) groups is 1. The summed E-state index contributed by atoms with van der Waals surface area (Å²) in [7, 11) is 1.68. The van der Waals surface area contributed by atoms with Crippen LogP contribution in [0.25, 0.3) is 26.2 Å². The van der Waals surface area contributed by atoms with Crippen molar-refractivity contribution in [1.82, 2.24) is 24.5 Å². The molecule has 1 aromatic carbocycles. The van der Waals surface area contributed by atoms with Gasteiger partial charge in [0, 0.05) is 13.1 Å². The lowest BCUT2D eigenvalue weighted by molar-refractivity contribution is -0.130. The van der Waals surface area contributed by atoms with Gasteiger partial charge in [0.1, 0.15) is 29.1 Å². The standard InChI is InChI=1S/C21H20N6O2S/c1-4-16(28)26-8-13(9-26)21-25-17(18-20(22)23-10-24-27(18)21)15-7-12-5-11(2)6-14(29-3)19(12)30-15/h4-7,10,13H,1,8-9H2,2-3H3,(H2,22,23,24). The number of thiophene rings is 1. The number of rotatable bonds is 4. The van der Waals surface area contributed by atoms with E-state index in [-0.39, 0.29) is 11.8 Å². The van der Waals surface area contributed by atoms with Crippen LogP contribution >= 0.6 is 11.3 Å². The van der Waals surface area contributed by atoms with Crippen molar-refractivity contribution in [1.29, 1.82) is 0 Å². The van der Waals surface area contributed by atoms with Gasteiger partial charge in [0.25, 0.3) is 0 Å². The average Bonchev–Trinajstić information content (AvgIpc) is 3.28. The molecule has 0 unspecified atom stereocenters. The molecule has 4 aromatic rings. The molecule has 1 aliphatic rings. The zero-order chi connectivity index (χ0) is 21.0. The summed E-state index contributed by atoms with van der Waals surface area (Å²) in [4.78, 5) is 23.6. The second-order valence-corrected chi connectivity index (χ2v) is 8.42. The van der Waals surface area contributed by atoms with Gasteiger partial charge in [0.05, 0.1) is 22.6 Å². The highest BCUT2D eigenvalue weighted by molar-refractivity contribution is 7.22. The van der Waals surface area contributed by atoms with Crippen LogP contribution in [-0.4, -0.2) is 50.6 Å². The molecule has 0 saturated carbocycles. The molecule has 0 bridgehead atoms. The zero-order valence-electron chi connectivity index (χ0n) is 16.6. The second-order valence-electron chi connectivity index (χ2n) is 7.36. The van der Waals surface area contributed by atoms with Crippen LogP contribution in [0.5, 0.6) is 5.75 Å². The minimum atomic E-state index is -0.0755. The van der Waals surface area contributed by atoms with Crippen molar-refractivity contribution in [2.24, 2.45) is 0 Å². The fraction of sp³-hybridized carbons (Fsp3) is 0.238. The summed E-state index contributed by atoms with van der Waals surface area (Å²) >= 11 is 1.60. The number of nitrogen functional groups attached to an aromatic ring is 1. The number of amides is 1. The molecule has 2 N–H and O–H groups in total. The topological polar surface area (TPSA) is 98.6 Å². The summed E-state index contributed by atoms with van der Waals surface area (Å²) in [5.74, 6) is 2.00. The van der Waals surface area contributed by atoms with Gasteiger partial charge in [-0.25, -0.2) is 14.5 Å². The SMILES string of the molecule is C=CC(=O)N1CC(c2nc(-c3cc4cc(C)cc(OC)c4s3)c3c(N)ncnn23)C1. The number of aromatic nitrogens is 4. The quantitative estimate of drug-likeness (QED) is 0.510. The molecular weight excluding hydrogens is 400 g/mol. The molecule has 3 aromatic heterocycles. The molecule has 1 fully saturated rings. The molecule has 152 valence electrons. The largest absolute Gasteiger partial charge is 0.495 e. The Morgan fingerprint density at radius 3 is 2.90 bits per heavy atom. The lowest BCUT2D eigenvalue weighted by Gasteiger charge is -2.37. The number of hydrogen-bond acceptors (Lipinski definition) is 7. The Morgan fingerprint density at radius 2 is 2.17 bits per heavy atom. The highest BCUT2D eigenvalue weighted by atomic mass is 32.1. The van der Waals surface area contributed by atoms with Gasteiger partial charge >= 0.3 is 0 Å². The van der Waals surface area contributed by atoms with Crippen LogP contribution < -0.4 is 10.5 Å². The predicted molar refractivity (Wildman–Crippen MR) is 117 cm³/mol. The lowest BCUT2D eigenvalue weighted by atomic mass is 9.99. The molecule has 0 aliphatic carbocycles. The van der Waals surface area contributed by atoms with E-state index < -0.39 is 0 Å². The first-order valence-electron chi connectivity index (χ1n) is 9.49. The third kappa shape index (κ3) is 2.73. The van der Waals surface area contributed by atoms with Crippen LogP contribution in [0.2, 0.25) is 0 Å². The number of imidazole rings is 1. The number of likely N-dealkylation sites (tertiary alicyclic amines) is 1. The van der Waals surface area contributed by atoms with E-state index in [4.69, 9.17) is 15.5 Å². The summed E-state index contributed by atoms with van der Waals surface area (Å²) in [5.41, 5.74) is 8.79. The van der Waals surface area contributed by atoms with Crippen molar-refractivity contribution < 1.29 is 9.53 Å². The summed E-state index contributed by atoms with van der Waals surface area (Å²) in [6.45, 7) is 6.75. The summed E-state index contributed by atoms with van der Waals surface area (Å²) in [5, 5.41) is 5.50. The second kappa shape index (κ2) is 6.81. The van der Waals surface area contributed by atoms with E-state index >= 15 is 0 Å². The number of carbonyl (C=O) groups excluding carboxylic acids is 1. The first-order valence-corrected chi connectivity index (χ1v) is 10.3. The smallest absolute Gasteiger partial charge is 0.246 e. The van der Waals surface area contributed by atoms with Crippen molar-refractivity contribution in [3.8, 4) is 16.3 Å². The number of methoxy groups -OCH3 is 1. The molecule has 1 saturated heterocycles. The van der Waals surface area contributed by atoms with Gasteiger partial charge in [-0.3, -0.25) is 4.79 Å². The number of nitrogens with zero attached hydrogens (tertiary/aromatic N) is 5. The van der Waals surface area contributed by atoms with E-state index in [1.165, 1.54) is 12.4 Å². The molecule has 4 heterocycles. The predicted octanol–water partition coefficient (Wildman–Crippen LogP) is 3.02. The van der Waals surface area contributed by atoms with Crippen molar-refractivity contribution in [2.75, 3.05) is 25.9 Å². The van der Waals surface area contributed by atoms with Crippen LogP contribution in [0.3, 0.4) is 0 Å². The highest BCUT2D eigenvalue weighted by Gasteiger charge is 2.35. The maximum absolute atomic E-state index is 11.8. The molecule has 9 heteroatoms. The monoisotopic (exact) mass is 420 g/mol. The number of ether oxygens (including phenoxy) is 1. The Bertz CT molecular complexity index is 1320. The van der Waals surface area contributed by atoms with E-state index in [1.807, 2.05) is 13.0 Å². The first-order chi connectivity index (χ1) is 14.5. The zero-order valence-corrected chi connectivity index (χ0v) is 17.4. The molecule has 30 heavy (non-hydrogen) atoms. The fourth-order valence-corrected chi connectivity index (χ4v) is 5.02. The molecule has 8 nitrogen and oxygen atoms in total. The Balaban J connectivity index is 1.65. The van der Waals surface area contributed by atoms with E-state index in [0.29, 0.717) is 24.4 Å². The number of benzene rings is 1. The fourth-order valence-electron chi connectivity index (χ4n) is 3.90. The van der Waals surface area contributed by atoms with Crippen LogP contribution in [0.1, 0.15) is 17.3 Å². The van der Waals surface area contributed by atoms with Crippen LogP contribution in [0.4, 0.5) is 5.82 Å². The summed E-state index contributed by atoms with van der Waals surface area (Å²) < 4.78 is 8.39. The first kappa shape index (κ1) is 18.6. The van der Waals surface area contributed by atoms with Crippen molar-refractivity contribution >= 4 is 38.7 Å². The van der Waals surface area contributed by atoms with E-state index in [2.05, 4.69) is 28.8 Å². The average molecular weight is 420 g/mol. The van der Waals surface area contributed by atoms with Gasteiger partial charge in [-0.1, -0.05) is 12.6 Å². The lowest BCUT2D eigenvalue weighted by Crippen LogP contribution is -2.48. The third-order valence-corrected chi connectivity index (χ3v) is 6.57. The van der Waals surface area contributed by atoms with E-state index in [1.54, 1.807) is 27.9 Å². The molecule has 1 aliphatic heterocycles. The van der Waals surface area contributed by atoms with Gasteiger partial charge in [0.15, 0.2) is 5.82 Å². The Hall–Kier alpha value is -3.46. The molecule has 5 rings (SSSR count). The number of aryl methyl sites for hydroxylation is 1. The highest BCUT2D eigenvalue weighted by Crippen LogP contribution is 2.42. The van der Waals surface area contributed by atoms with E-state index in [9.17, 15) is 4.79 Å². The summed E-state index contributed by atoms with van der Waals surface area (Å²) in [6.07, 6.45) is 2.76. The van der Waals surface area contributed by atoms with Crippen LogP contribution in [0, 0.1) is 6.92 Å². The van der Waals surface area contributed by atoms with Gasteiger partial charge in [-0.2, -0.15) is 5.10 Å². The third-order valence-electron chi connectivity index (χ3n) is 5.40. The number of nitrogens with two attached hydrogens (primary N) is 1. The van der Waals surface area contributed by atoms with Gasteiger partial charge in [0.2, 0.25) is 5.91 Å². The maximum atomic E-state index is 11.8.